The Labute approximate surface area is 157 Å². The molecule has 1 saturated heterocycles. The lowest BCUT2D eigenvalue weighted by molar-refractivity contribution is -0.126. The standard InChI is InChI=1S/C17H23F2N3O4S/c1-12(16(23)20-13-6-7-13)21-8-10-22(11-9-21)27(24,25)15-5-3-2-4-14(15)26-17(18)19/h2-5,12-13,17H,6-11H2,1H3,(H,20,23). The number of carbonyl (C=O) groups is 1. The molecule has 150 valence electrons. The number of para-hydroxylation sites is 1. The maximum atomic E-state index is 12.9. The summed E-state index contributed by atoms with van der Waals surface area (Å²) in [6.07, 6.45) is 2.01. The van der Waals surface area contributed by atoms with Crippen LogP contribution in [0.15, 0.2) is 29.2 Å². The first-order chi connectivity index (χ1) is 12.8. The highest BCUT2D eigenvalue weighted by molar-refractivity contribution is 7.89. The van der Waals surface area contributed by atoms with E-state index in [0.717, 1.165) is 12.8 Å². The Hall–Kier alpha value is -1.78. The van der Waals surface area contributed by atoms with E-state index in [1.807, 2.05) is 4.90 Å². The third-order valence-electron chi connectivity index (χ3n) is 4.81. The summed E-state index contributed by atoms with van der Waals surface area (Å²) in [6.45, 7) is -0.192. The number of carbonyl (C=O) groups excluding carboxylic acids is 1. The minimum absolute atomic E-state index is 0.0514. The van der Waals surface area contributed by atoms with Crippen molar-refractivity contribution in [3.8, 4) is 5.75 Å². The van der Waals surface area contributed by atoms with Crippen LogP contribution in [0.25, 0.3) is 0 Å². The summed E-state index contributed by atoms with van der Waals surface area (Å²) in [6, 6.07) is 5.29. The van der Waals surface area contributed by atoms with Crippen molar-refractivity contribution in [2.45, 2.75) is 43.4 Å². The minimum Gasteiger partial charge on any atom is -0.433 e. The Morgan fingerprint density at radius 2 is 1.81 bits per heavy atom. The molecule has 1 aliphatic carbocycles. The van der Waals surface area contributed by atoms with Gasteiger partial charge in [-0.1, -0.05) is 12.1 Å². The molecular weight excluding hydrogens is 380 g/mol. The van der Waals surface area contributed by atoms with Gasteiger partial charge in [-0.3, -0.25) is 9.69 Å². The Balaban J connectivity index is 1.65. The molecule has 2 fully saturated rings. The Bertz CT molecular complexity index is 778. The van der Waals surface area contributed by atoms with Gasteiger partial charge in [-0.25, -0.2) is 8.42 Å². The molecule has 1 atom stereocenters. The minimum atomic E-state index is -3.97. The summed E-state index contributed by atoms with van der Waals surface area (Å²) in [5.74, 6) is -0.420. The number of nitrogens with zero attached hydrogens (tertiary/aromatic N) is 2. The molecule has 0 radical (unpaired) electrons. The summed E-state index contributed by atoms with van der Waals surface area (Å²) >= 11 is 0. The van der Waals surface area contributed by atoms with E-state index in [9.17, 15) is 22.0 Å². The maximum Gasteiger partial charge on any atom is 0.387 e. The average molecular weight is 403 g/mol. The van der Waals surface area contributed by atoms with Crippen LogP contribution in [0.1, 0.15) is 19.8 Å². The lowest BCUT2D eigenvalue weighted by atomic mass is 10.2. The Kier molecular flexibility index (Phi) is 5.97. The monoisotopic (exact) mass is 403 g/mol. The van der Waals surface area contributed by atoms with Crippen LogP contribution in [0.3, 0.4) is 0 Å². The lowest BCUT2D eigenvalue weighted by Crippen LogP contribution is -2.55. The van der Waals surface area contributed by atoms with Crippen LogP contribution >= 0.6 is 0 Å². The molecule has 27 heavy (non-hydrogen) atoms. The van der Waals surface area contributed by atoms with E-state index in [-0.39, 0.29) is 41.7 Å². The highest BCUT2D eigenvalue weighted by Crippen LogP contribution is 2.28. The molecule has 0 aromatic heterocycles. The molecule has 1 amide bonds. The van der Waals surface area contributed by atoms with Crippen LogP contribution in [-0.2, 0) is 14.8 Å². The SMILES string of the molecule is CC(C(=O)NC1CC1)N1CCN(S(=O)(=O)c2ccccc2OC(F)F)CC1. The molecule has 10 heteroatoms. The zero-order valence-electron chi connectivity index (χ0n) is 15.0. The average Bonchev–Trinajstić information content (AvgIpc) is 3.45. The molecule has 1 aliphatic heterocycles. The molecule has 1 N–H and O–H groups in total. The van der Waals surface area contributed by atoms with Gasteiger partial charge in [0.15, 0.2) is 0 Å². The van der Waals surface area contributed by atoms with E-state index in [2.05, 4.69) is 10.1 Å². The number of sulfonamides is 1. The van der Waals surface area contributed by atoms with E-state index >= 15 is 0 Å². The summed E-state index contributed by atoms with van der Waals surface area (Å²) in [5, 5.41) is 2.94. The second kappa shape index (κ2) is 8.07. The zero-order chi connectivity index (χ0) is 19.6. The van der Waals surface area contributed by atoms with Crippen LogP contribution in [-0.4, -0.2) is 68.4 Å². The van der Waals surface area contributed by atoms with E-state index in [1.165, 1.54) is 28.6 Å². The second-order valence-electron chi connectivity index (χ2n) is 6.72. The van der Waals surface area contributed by atoms with Crippen molar-refractivity contribution in [3.63, 3.8) is 0 Å². The van der Waals surface area contributed by atoms with Crippen molar-refractivity contribution < 1.29 is 26.7 Å². The topological polar surface area (TPSA) is 79.0 Å². The quantitative estimate of drug-likeness (QED) is 0.742. The normalized spacial score (nSPS) is 20.4. The molecule has 0 bridgehead atoms. The van der Waals surface area contributed by atoms with Gasteiger partial charge in [0.05, 0.1) is 6.04 Å². The lowest BCUT2D eigenvalue weighted by Gasteiger charge is -2.36. The number of piperazine rings is 1. The molecule has 3 rings (SSSR count). The van der Waals surface area contributed by atoms with Gasteiger partial charge in [0.25, 0.3) is 0 Å². The number of ether oxygens (including phenoxy) is 1. The highest BCUT2D eigenvalue weighted by atomic mass is 32.2. The van der Waals surface area contributed by atoms with Gasteiger partial charge in [-0.05, 0) is 31.9 Å². The molecule has 1 heterocycles. The summed E-state index contributed by atoms with van der Waals surface area (Å²) < 4.78 is 56.4. The third-order valence-corrected chi connectivity index (χ3v) is 6.75. The van der Waals surface area contributed by atoms with E-state index in [0.29, 0.717) is 13.1 Å². The number of halogens is 2. The number of hydrogen-bond acceptors (Lipinski definition) is 5. The fraction of sp³-hybridized carbons (Fsp3) is 0.588. The van der Waals surface area contributed by atoms with E-state index in [4.69, 9.17) is 0 Å². The van der Waals surface area contributed by atoms with Crippen LogP contribution in [0.4, 0.5) is 8.78 Å². The van der Waals surface area contributed by atoms with Gasteiger partial charge >= 0.3 is 6.61 Å². The second-order valence-corrected chi connectivity index (χ2v) is 8.63. The van der Waals surface area contributed by atoms with Crippen LogP contribution < -0.4 is 10.1 Å². The third kappa shape index (κ3) is 4.74. The first-order valence-corrected chi connectivity index (χ1v) is 10.3. The van der Waals surface area contributed by atoms with Gasteiger partial charge in [-0.2, -0.15) is 13.1 Å². The van der Waals surface area contributed by atoms with Crippen molar-refractivity contribution in [1.82, 2.24) is 14.5 Å². The Morgan fingerprint density at radius 3 is 2.41 bits per heavy atom. The highest BCUT2D eigenvalue weighted by Gasteiger charge is 2.34. The number of benzene rings is 1. The number of rotatable bonds is 7. The first-order valence-electron chi connectivity index (χ1n) is 8.87. The van der Waals surface area contributed by atoms with Crippen LogP contribution in [0, 0.1) is 0 Å². The summed E-state index contributed by atoms with van der Waals surface area (Å²) in [7, 11) is -3.97. The molecule has 2 aliphatic rings. The van der Waals surface area contributed by atoms with Gasteiger partial charge < -0.3 is 10.1 Å². The fourth-order valence-electron chi connectivity index (χ4n) is 3.04. The fourth-order valence-corrected chi connectivity index (χ4v) is 4.59. The van der Waals surface area contributed by atoms with Crippen molar-refractivity contribution >= 4 is 15.9 Å². The van der Waals surface area contributed by atoms with Gasteiger partial charge in [-0.15, -0.1) is 0 Å². The predicted octanol–water partition coefficient (Wildman–Crippen LogP) is 1.26. The molecule has 0 spiro atoms. The largest absolute Gasteiger partial charge is 0.433 e. The Morgan fingerprint density at radius 1 is 1.19 bits per heavy atom. The van der Waals surface area contributed by atoms with Crippen molar-refractivity contribution in [2.75, 3.05) is 26.2 Å². The summed E-state index contributed by atoms with van der Waals surface area (Å²) in [4.78, 5) is 13.8. The number of hydrogen-bond donors (Lipinski definition) is 1. The maximum absolute atomic E-state index is 12.9. The predicted molar refractivity (Wildman–Crippen MR) is 94.0 cm³/mol. The molecule has 1 aromatic rings. The van der Waals surface area contributed by atoms with Gasteiger partial charge in [0.2, 0.25) is 15.9 Å². The van der Waals surface area contributed by atoms with E-state index in [1.54, 1.807) is 6.92 Å². The smallest absolute Gasteiger partial charge is 0.387 e. The molecule has 1 unspecified atom stereocenters. The van der Waals surface area contributed by atoms with Crippen molar-refractivity contribution in [1.29, 1.82) is 0 Å². The van der Waals surface area contributed by atoms with Crippen LogP contribution in [0.2, 0.25) is 0 Å². The van der Waals surface area contributed by atoms with E-state index < -0.39 is 16.6 Å². The number of amides is 1. The van der Waals surface area contributed by atoms with Crippen LogP contribution in [0.5, 0.6) is 5.75 Å². The summed E-state index contributed by atoms with van der Waals surface area (Å²) in [5.41, 5.74) is 0. The molecule has 7 nitrogen and oxygen atoms in total. The molecular formula is C17H23F2N3O4S. The number of alkyl halides is 2. The number of nitrogens with one attached hydrogen (secondary N) is 1. The van der Waals surface area contributed by atoms with Crippen molar-refractivity contribution in [2.24, 2.45) is 0 Å². The van der Waals surface area contributed by atoms with Crippen molar-refractivity contribution in [3.05, 3.63) is 24.3 Å². The molecule has 1 aromatic carbocycles. The van der Waals surface area contributed by atoms with Gasteiger partial charge in [0.1, 0.15) is 10.6 Å². The van der Waals surface area contributed by atoms with Gasteiger partial charge in [0, 0.05) is 32.2 Å². The molecule has 1 saturated carbocycles. The first kappa shape index (κ1) is 20.0. The zero-order valence-corrected chi connectivity index (χ0v) is 15.8.